The van der Waals surface area contributed by atoms with E-state index in [0.717, 1.165) is 44.9 Å². The molecule has 0 heterocycles. The Labute approximate surface area is 417 Å². The number of hydrogen-bond donors (Lipinski definition) is 5. The van der Waals surface area contributed by atoms with Gasteiger partial charge < -0.3 is 25.7 Å². The number of nitrogens with one attached hydrogen (secondary N) is 1. The van der Waals surface area contributed by atoms with E-state index >= 15 is 0 Å². The molecule has 0 spiro atoms. The standard InChI is InChI=1S/C61H117NO5/c1-3-5-7-9-11-13-15-17-19-21-23-24-25-26-27-28-29-30-31-32-33-34-35-37-39-41-43-45-47-49-51-53-55-59(65)61(67)62-57(56-63)60(66)58(64)54-52-50-48-46-44-42-40-38-36-22-20-18-16-14-12-10-8-6-4-2/h23-24,26-27,46,48,57-60,63-66H,3-22,25,28-45,47,49-56H2,1-2H3,(H,62,67)/b24-23-,27-26-,48-46+. The first-order valence-corrected chi connectivity index (χ1v) is 29.9. The number of allylic oxidation sites excluding steroid dienone is 6. The first kappa shape index (κ1) is 65.5. The van der Waals surface area contributed by atoms with Gasteiger partial charge in [-0.05, 0) is 70.6 Å². The summed E-state index contributed by atoms with van der Waals surface area (Å²) >= 11 is 0. The van der Waals surface area contributed by atoms with Gasteiger partial charge in [0.25, 0.3) is 0 Å². The molecule has 0 radical (unpaired) electrons. The zero-order chi connectivity index (χ0) is 48.8. The Kier molecular flexibility index (Phi) is 54.2. The maximum Gasteiger partial charge on any atom is 0.249 e. The smallest absolute Gasteiger partial charge is 0.249 e. The highest BCUT2D eigenvalue weighted by atomic mass is 16.3. The lowest BCUT2D eigenvalue weighted by Crippen LogP contribution is -2.53. The highest BCUT2D eigenvalue weighted by Crippen LogP contribution is 2.18. The summed E-state index contributed by atoms with van der Waals surface area (Å²) in [5, 5.41) is 44.0. The van der Waals surface area contributed by atoms with E-state index in [0.29, 0.717) is 12.8 Å². The zero-order valence-electron chi connectivity index (χ0n) is 44.9. The molecule has 5 N–H and O–H groups in total. The van der Waals surface area contributed by atoms with Gasteiger partial charge in [0.15, 0.2) is 0 Å². The van der Waals surface area contributed by atoms with Crippen LogP contribution in [0.4, 0.5) is 0 Å². The van der Waals surface area contributed by atoms with Gasteiger partial charge in [-0.2, -0.15) is 0 Å². The summed E-state index contributed by atoms with van der Waals surface area (Å²) in [5.41, 5.74) is 0. The number of amides is 1. The molecule has 0 bridgehead atoms. The Morgan fingerprint density at radius 2 is 0.657 bits per heavy atom. The van der Waals surface area contributed by atoms with Crippen LogP contribution in [-0.4, -0.2) is 57.3 Å². The Bertz CT molecular complexity index is 1060. The average molecular weight is 945 g/mol. The molecule has 0 rings (SSSR count). The van der Waals surface area contributed by atoms with Crippen molar-refractivity contribution in [1.29, 1.82) is 0 Å². The van der Waals surface area contributed by atoms with Crippen LogP contribution in [0.3, 0.4) is 0 Å². The SMILES string of the molecule is CCCCCCCCCCC/C=C\C/C=C\CCCCCCCCCCCCCCCCCCC(O)C(=O)NC(CO)C(O)C(O)CCC/C=C/CCCCCCCCCCCCCCCC. The lowest BCUT2D eigenvalue weighted by atomic mass is 10.00. The number of carbonyl (C=O) groups excluding carboxylic acids is 1. The van der Waals surface area contributed by atoms with Crippen molar-refractivity contribution in [3.63, 3.8) is 0 Å². The molecule has 0 aliphatic rings. The maximum atomic E-state index is 12.6. The van der Waals surface area contributed by atoms with Crippen molar-refractivity contribution in [3.05, 3.63) is 36.5 Å². The van der Waals surface area contributed by atoms with Gasteiger partial charge in [0.05, 0.1) is 18.8 Å². The molecule has 0 fully saturated rings. The van der Waals surface area contributed by atoms with Gasteiger partial charge in [0.1, 0.15) is 12.2 Å². The van der Waals surface area contributed by atoms with Crippen LogP contribution in [0.15, 0.2) is 36.5 Å². The summed E-state index contributed by atoms with van der Waals surface area (Å²) in [6.07, 6.45) is 69.4. The molecule has 0 saturated heterocycles. The van der Waals surface area contributed by atoms with Gasteiger partial charge in [-0.1, -0.05) is 281 Å². The highest BCUT2D eigenvalue weighted by Gasteiger charge is 2.28. The summed E-state index contributed by atoms with van der Waals surface area (Å²) in [5.74, 6) is -0.590. The third-order valence-corrected chi connectivity index (χ3v) is 14.1. The fourth-order valence-corrected chi connectivity index (χ4v) is 9.38. The largest absolute Gasteiger partial charge is 0.394 e. The second kappa shape index (κ2) is 55.5. The van der Waals surface area contributed by atoms with Gasteiger partial charge in [-0.15, -0.1) is 0 Å². The van der Waals surface area contributed by atoms with Crippen molar-refractivity contribution in [2.24, 2.45) is 0 Å². The zero-order valence-corrected chi connectivity index (χ0v) is 44.9. The van der Waals surface area contributed by atoms with Gasteiger partial charge in [0.2, 0.25) is 5.91 Å². The van der Waals surface area contributed by atoms with Crippen molar-refractivity contribution < 1.29 is 25.2 Å². The molecule has 6 nitrogen and oxygen atoms in total. The van der Waals surface area contributed by atoms with Gasteiger partial charge in [-0.3, -0.25) is 4.79 Å². The van der Waals surface area contributed by atoms with Gasteiger partial charge in [0, 0.05) is 0 Å². The minimum absolute atomic E-state index is 0.364. The van der Waals surface area contributed by atoms with E-state index in [-0.39, 0.29) is 0 Å². The fourth-order valence-electron chi connectivity index (χ4n) is 9.38. The summed E-state index contributed by atoms with van der Waals surface area (Å²) in [7, 11) is 0. The summed E-state index contributed by atoms with van der Waals surface area (Å²) in [4.78, 5) is 12.6. The third-order valence-electron chi connectivity index (χ3n) is 14.1. The molecule has 0 aromatic heterocycles. The minimum atomic E-state index is -1.28. The molecule has 0 aromatic carbocycles. The van der Waals surface area contributed by atoms with Gasteiger partial charge >= 0.3 is 0 Å². The van der Waals surface area contributed by atoms with E-state index < -0.39 is 36.9 Å². The quantitative estimate of drug-likeness (QED) is 0.0308. The highest BCUT2D eigenvalue weighted by molar-refractivity contribution is 5.80. The number of unbranched alkanes of at least 4 members (excludes halogenated alkanes) is 40. The van der Waals surface area contributed by atoms with Crippen LogP contribution in [0.1, 0.15) is 316 Å². The van der Waals surface area contributed by atoms with E-state index in [9.17, 15) is 25.2 Å². The fraction of sp³-hybridized carbons (Fsp3) is 0.885. The molecular weight excluding hydrogens is 827 g/mol. The molecule has 4 atom stereocenters. The minimum Gasteiger partial charge on any atom is -0.394 e. The van der Waals surface area contributed by atoms with Crippen molar-refractivity contribution in [2.75, 3.05) is 6.61 Å². The van der Waals surface area contributed by atoms with Crippen LogP contribution in [0, 0.1) is 0 Å². The number of carbonyl (C=O) groups is 1. The van der Waals surface area contributed by atoms with E-state index in [1.807, 2.05) is 0 Å². The number of aliphatic hydroxyl groups excluding tert-OH is 4. The second-order valence-corrected chi connectivity index (χ2v) is 20.7. The third kappa shape index (κ3) is 49.3. The molecule has 0 saturated carbocycles. The molecule has 4 unspecified atom stereocenters. The van der Waals surface area contributed by atoms with Crippen molar-refractivity contribution in [1.82, 2.24) is 5.32 Å². The molecule has 1 amide bonds. The Morgan fingerprint density at radius 1 is 0.373 bits per heavy atom. The van der Waals surface area contributed by atoms with Crippen molar-refractivity contribution >= 4 is 5.91 Å². The van der Waals surface area contributed by atoms with Crippen LogP contribution >= 0.6 is 0 Å². The monoisotopic (exact) mass is 944 g/mol. The lowest BCUT2D eigenvalue weighted by molar-refractivity contribution is -0.132. The average Bonchev–Trinajstić information content (AvgIpc) is 3.33. The Hall–Kier alpha value is -1.47. The summed E-state index contributed by atoms with van der Waals surface area (Å²) in [6, 6.07) is -1.00. The Balaban J connectivity index is 3.61. The van der Waals surface area contributed by atoms with E-state index in [1.54, 1.807) is 0 Å². The molecule has 67 heavy (non-hydrogen) atoms. The summed E-state index contributed by atoms with van der Waals surface area (Å²) in [6.45, 7) is 4.07. The molecule has 0 aromatic rings. The molecule has 396 valence electrons. The first-order chi connectivity index (χ1) is 33.0. The summed E-state index contributed by atoms with van der Waals surface area (Å²) < 4.78 is 0. The van der Waals surface area contributed by atoms with E-state index in [1.165, 1.54) is 244 Å². The van der Waals surface area contributed by atoms with Crippen LogP contribution in [-0.2, 0) is 4.79 Å². The van der Waals surface area contributed by atoms with Crippen LogP contribution in [0.5, 0.6) is 0 Å². The van der Waals surface area contributed by atoms with Gasteiger partial charge in [-0.25, -0.2) is 0 Å². The predicted molar refractivity (Wildman–Crippen MR) is 293 cm³/mol. The molecule has 0 aliphatic carbocycles. The van der Waals surface area contributed by atoms with Crippen LogP contribution in [0.25, 0.3) is 0 Å². The van der Waals surface area contributed by atoms with Crippen molar-refractivity contribution in [3.8, 4) is 0 Å². The predicted octanol–water partition coefficient (Wildman–Crippen LogP) is 17.6. The van der Waals surface area contributed by atoms with Crippen molar-refractivity contribution in [2.45, 2.75) is 340 Å². The molecule has 6 heteroatoms. The molecular formula is C61H117NO5. The first-order valence-electron chi connectivity index (χ1n) is 29.9. The number of aliphatic hydroxyl groups is 4. The normalized spacial score (nSPS) is 13.9. The van der Waals surface area contributed by atoms with E-state index in [4.69, 9.17) is 0 Å². The van der Waals surface area contributed by atoms with E-state index in [2.05, 4.69) is 55.6 Å². The molecule has 0 aliphatic heterocycles. The lowest BCUT2D eigenvalue weighted by Gasteiger charge is -2.27. The number of rotatable bonds is 55. The Morgan fingerprint density at radius 3 is 0.985 bits per heavy atom. The maximum absolute atomic E-state index is 12.6. The topological polar surface area (TPSA) is 110 Å². The second-order valence-electron chi connectivity index (χ2n) is 20.7. The van der Waals surface area contributed by atoms with Crippen LogP contribution < -0.4 is 5.32 Å². The van der Waals surface area contributed by atoms with Crippen LogP contribution in [0.2, 0.25) is 0 Å². The number of hydrogen-bond acceptors (Lipinski definition) is 5.